The van der Waals surface area contributed by atoms with Crippen LogP contribution < -0.4 is 5.43 Å². The number of nitrogens with one attached hydrogen (secondary N) is 1. The lowest BCUT2D eigenvalue weighted by Gasteiger charge is -2.10. The molecule has 1 N–H and O–H groups in total. The topological polar surface area (TPSA) is 44.7 Å². The minimum absolute atomic E-state index is 0.135. The molecule has 0 aliphatic heterocycles. The highest BCUT2D eigenvalue weighted by Gasteiger charge is 2.08. The molecule has 2 rings (SSSR count). The molecule has 0 unspecified atom stereocenters. The molecule has 0 saturated carbocycles. The molecule has 1 amide bonds. The number of likely N-dealkylation sites (N-methyl/N-ethyl adjacent to an activating group) is 1. The standard InChI is InChI=1S/C17H19N3O/c1-20(2)13-16(21)18-19-17(14-9-5-3-6-10-14)15-11-7-4-8-12-15/h3-12H,13H2,1-2H3,(H,18,21). The van der Waals surface area contributed by atoms with E-state index in [2.05, 4.69) is 10.5 Å². The van der Waals surface area contributed by atoms with E-state index in [1.165, 1.54) is 0 Å². The molecule has 0 heterocycles. The third-order valence-electron chi connectivity index (χ3n) is 2.85. The van der Waals surface area contributed by atoms with Crippen LogP contribution in [0.25, 0.3) is 0 Å². The fraction of sp³-hybridized carbons (Fsp3) is 0.176. The second-order valence-corrected chi connectivity index (χ2v) is 4.97. The van der Waals surface area contributed by atoms with Crippen molar-refractivity contribution in [1.29, 1.82) is 0 Å². The fourth-order valence-corrected chi connectivity index (χ4v) is 1.93. The predicted molar refractivity (Wildman–Crippen MR) is 85.2 cm³/mol. The third-order valence-corrected chi connectivity index (χ3v) is 2.85. The van der Waals surface area contributed by atoms with Gasteiger partial charge in [0, 0.05) is 11.1 Å². The van der Waals surface area contributed by atoms with Crippen LogP contribution in [0, 0.1) is 0 Å². The first-order valence-electron chi connectivity index (χ1n) is 6.79. The fourth-order valence-electron chi connectivity index (χ4n) is 1.93. The van der Waals surface area contributed by atoms with E-state index in [1.807, 2.05) is 74.8 Å². The van der Waals surface area contributed by atoms with Crippen LogP contribution in [0.1, 0.15) is 11.1 Å². The number of carbonyl (C=O) groups is 1. The van der Waals surface area contributed by atoms with Gasteiger partial charge in [-0.2, -0.15) is 5.10 Å². The minimum Gasteiger partial charge on any atom is -0.301 e. The van der Waals surface area contributed by atoms with Crippen LogP contribution >= 0.6 is 0 Å². The number of benzene rings is 2. The van der Waals surface area contributed by atoms with E-state index in [9.17, 15) is 4.79 Å². The van der Waals surface area contributed by atoms with Crippen molar-refractivity contribution in [2.75, 3.05) is 20.6 Å². The lowest BCUT2D eigenvalue weighted by atomic mass is 10.0. The maximum absolute atomic E-state index is 11.8. The first-order valence-corrected chi connectivity index (χ1v) is 6.79. The SMILES string of the molecule is CN(C)CC(=O)NN=C(c1ccccc1)c1ccccc1. The summed E-state index contributed by atoms with van der Waals surface area (Å²) in [5.41, 5.74) is 5.30. The molecule has 0 aliphatic rings. The molecule has 2 aromatic rings. The minimum atomic E-state index is -0.135. The molecular weight excluding hydrogens is 262 g/mol. The van der Waals surface area contributed by atoms with Gasteiger partial charge in [0.15, 0.2) is 0 Å². The summed E-state index contributed by atoms with van der Waals surface area (Å²) >= 11 is 0. The van der Waals surface area contributed by atoms with Crippen molar-refractivity contribution in [3.63, 3.8) is 0 Å². The largest absolute Gasteiger partial charge is 0.301 e. The monoisotopic (exact) mass is 281 g/mol. The lowest BCUT2D eigenvalue weighted by Crippen LogP contribution is -2.31. The third kappa shape index (κ3) is 4.54. The van der Waals surface area contributed by atoms with E-state index in [0.29, 0.717) is 6.54 Å². The van der Waals surface area contributed by atoms with E-state index in [1.54, 1.807) is 4.90 Å². The molecule has 0 radical (unpaired) electrons. The van der Waals surface area contributed by atoms with Crippen LogP contribution in [0.3, 0.4) is 0 Å². The molecule has 0 spiro atoms. The van der Waals surface area contributed by atoms with Crippen molar-refractivity contribution in [2.24, 2.45) is 5.10 Å². The molecule has 21 heavy (non-hydrogen) atoms. The van der Waals surface area contributed by atoms with Gasteiger partial charge in [-0.05, 0) is 14.1 Å². The number of nitrogens with zero attached hydrogens (tertiary/aromatic N) is 2. The summed E-state index contributed by atoms with van der Waals surface area (Å²) in [4.78, 5) is 13.6. The molecule has 4 nitrogen and oxygen atoms in total. The molecule has 2 aromatic carbocycles. The second kappa shape index (κ2) is 7.36. The quantitative estimate of drug-likeness (QED) is 0.674. The Hall–Kier alpha value is -2.46. The van der Waals surface area contributed by atoms with Gasteiger partial charge in [0.05, 0.1) is 12.3 Å². The zero-order valence-electron chi connectivity index (χ0n) is 12.3. The molecule has 0 saturated heterocycles. The normalized spacial score (nSPS) is 10.2. The van der Waals surface area contributed by atoms with Crippen LogP contribution in [0.2, 0.25) is 0 Å². The van der Waals surface area contributed by atoms with E-state index in [-0.39, 0.29) is 5.91 Å². The summed E-state index contributed by atoms with van der Waals surface area (Å²) in [7, 11) is 3.69. The number of rotatable bonds is 5. The average molecular weight is 281 g/mol. The number of hydrogen-bond acceptors (Lipinski definition) is 3. The van der Waals surface area contributed by atoms with Gasteiger partial charge >= 0.3 is 0 Å². The Morgan fingerprint density at radius 2 is 1.43 bits per heavy atom. The van der Waals surface area contributed by atoms with Gasteiger partial charge in [-0.3, -0.25) is 4.79 Å². The zero-order chi connectivity index (χ0) is 15.1. The van der Waals surface area contributed by atoms with Gasteiger partial charge < -0.3 is 4.90 Å². The molecule has 0 atom stereocenters. The smallest absolute Gasteiger partial charge is 0.254 e. The Kier molecular flexibility index (Phi) is 5.23. The lowest BCUT2D eigenvalue weighted by molar-refractivity contribution is -0.121. The van der Waals surface area contributed by atoms with Gasteiger partial charge in [-0.1, -0.05) is 60.7 Å². The summed E-state index contributed by atoms with van der Waals surface area (Å²) in [5, 5.41) is 4.31. The maximum atomic E-state index is 11.8. The van der Waals surface area contributed by atoms with E-state index < -0.39 is 0 Å². The summed E-state index contributed by atoms with van der Waals surface area (Å²) in [6.45, 7) is 0.306. The van der Waals surface area contributed by atoms with Crippen LogP contribution in [0.15, 0.2) is 65.8 Å². The number of hydrogen-bond donors (Lipinski definition) is 1. The summed E-state index contributed by atoms with van der Waals surface area (Å²) < 4.78 is 0. The maximum Gasteiger partial charge on any atom is 0.254 e. The number of hydrazone groups is 1. The molecule has 0 aromatic heterocycles. The zero-order valence-corrected chi connectivity index (χ0v) is 12.3. The van der Waals surface area contributed by atoms with Gasteiger partial charge in [0.2, 0.25) is 0 Å². The molecule has 0 aliphatic carbocycles. The molecule has 0 bridgehead atoms. The predicted octanol–water partition coefficient (Wildman–Crippen LogP) is 2.12. The summed E-state index contributed by atoms with van der Waals surface area (Å²) in [5.74, 6) is -0.135. The molecule has 4 heteroatoms. The molecule has 108 valence electrons. The Morgan fingerprint density at radius 3 is 1.86 bits per heavy atom. The van der Waals surface area contributed by atoms with Crippen molar-refractivity contribution in [3.05, 3.63) is 71.8 Å². The molecular formula is C17H19N3O. The van der Waals surface area contributed by atoms with Crippen LogP contribution in [-0.4, -0.2) is 37.2 Å². The Balaban J connectivity index is 2.27. The highest BCUT2D eigenvalue weighted by molar-refractivity contribution is 6.13. The van der Waals surface area contributed by atoms with Crippen molar-refractivity contribution in [1.82, 2.24) is 10.3 Å². The Bertz CT molecular complexity index is 565. The first kappa shape index (κ1) is 14.9. The van der Waals surface area contributed by atoms with Crippen molar-refractivity contribution < 1.29 is 4.79 Å². The highest BCUT2D eigenvalue weighted by atomic mass is 16.2. The van der Waals surface area contributed by atoms with Gasteiger partial charge in [-0.25, -0.2) is 5.43 Å². The summed E-state index contributed by atoms with van der Waals surface area (Å²) in [6.07, 6.45) is 0. The number of amides is 1. The number of carbonyl (C=O) groups excluding carboxylic acids is 1. The molecule has 0 fully saturated rings. The van der Waals surface area contributed by atoms with Crippen LogP contribution in [0.4, 0.5) is 0 Å². The van der Waals surface area contributed by atoms with Gasteiger partial charge in [0.1, 0.15) is 0 Å². The Labute approximate surface area is 125 Å². The van der Waals surface area contributed by atoms with E-state index in [0.717, 1.165) is 16.8 Å². The average Bonchev–Trinajstić information content (AvgIpc) is 2.49. The van der Waals surface area contributed by atoms with E-state index in [4.69, 9.17) is 0 Å². The van der Waals surface area contributed by atoms with Crippen LogP contribution in [0.5, 0.6) is 0 Å². The first-order chi connectivity index (χ1) is 10.2. The second-order valence-electron chi connectivity index (χ2n) is 4.97. The van der Waals surface area contributed by atoms with Crippen molar-refractivity contribution >= 4 is 11.6 Å². The van der Waals surface area contributed by atoms with Gasteiger partial charge in [-0.15, -0.1) is 0 Å². The van der Waals surface area contributed by atoms with Crippen molar-refractivity contribution in [3.8, 4) is 0 Å². The van der Waals surface area contributed by atoms with E-state index >= 15 is 0 Å². The summed E-state index contributed by atoms with van der Waals surface area (Å²) in [6, 6.07) is 19.6. The Morgan fingerprint density at radius 1 is 0.952 bits per heavy atom. The van der Waals surface area contributed by atoms with Gasteiger partial charge in [0.25, 0.3) is 5.91 Å². The van der Waals surface area contributed by atoms with Crippen LogP contribution in [-0.2, 0) is 4.79 Å². The van der Waals surface area contributed by atoms with Crippen molar-refractivity contribution in [2.45, 2.75) is 0 Å². The highest BCUT2D eigenvalue weighted by Crippen LogP contribution is 2.10.